The van der Waals surface area contributed by atoms with Crippen LogP contribution < -0.4 is 5.73 Å². The molecular formula is C15H21N3. The molecule has 0 spiro atoms. The van der Waals surface area contributed by atoms with Gasteiger partial charge in [0.25, 0.3) is 0 Å². The highest BCUT2D eigenvalue weighted by atomic mass is 15.3. The third-order valence-corrected chi connectivity index (χ3v) is 3.22. The first-order valence-electron chi connectivity index (χ1n) is 6.28. The lowest BCUT2D eigenvalue weighted by Crippen LogP contribution is -2.10. The summed E-state index contributed by atoms with van der Waals surface area (Å²) in [6.07, 6.45) is 2.00. The highest BCUT2D eigenvalue weighted by molar-refractivity contribution is 5.37. The standard InChI is InChI=1S/C15H21N3/c1-11-12(9-16)10-18(17-11)14-7-5-13(6-8-14)15(2,3)4/h5-8,10H,9,16H2,1-4H3. The van der Waals surface area contributed by atoms with E-state index in [4.69, 9.17) is 5.73 Å². The van der Waals surface area contributed by atoms with Gasteiger partial charge in [-0.1, -0.05) is 32.9 Å². The number of hydrogen-bond acceptors (Lipinski definition) is 2. The first-order valence-corrected chi connectivity index (χ1v) is 6.28. The van der Waals surface area contributed by atoms with Crippen LogP contribution in [0.5, 0.6) is 0 Å². The van der Waals surface area contributed by atoms with Gasteiger partial charge in [-0.3, -0.25) is 0 Å². The molecule has 0 unspecified atom stereocenters. The fourth-order valence-corrected chi connectivity index (χ4v) is 1.94. The van der Waals surface area contributed by atoms with E-state index in [9.17, 15) is 0 Å². The number of aryl methyl sites for hydroxylation is 1. The second kappa shape index (κ2) is 4.58. The quantitative estimate of drug-likeness (QED) is 0.881. The number of rotatable bonds is 2. The van der Waals surface area contributed by atoms with E-state index >= 15 is 0 Å². The lowest BCUT2D eigenvalue weighted by atomic mass is 9.87. The molecule has 0 amide bonds. The second-order valence-corrected chi connectivity index (χ2v) is 5.69. The van der Waals surface area contributed by atoms with E-state index in [0.717, 1.165) is 16.9 Å². The molecule has 0 aliphatic heterocycles. The molecule has 2 rings (SSSR count). The normalized spacial score (nSPS) is 11.8. The van der Waals surface area contributed by atoms with Crippen LogP contribution in [0.2, 0.25) is 0 Å². The first-order chi connectivity index (χ1) is 8.41. The van der Waals surface area contributed by atoms with Gasteiger partial charge in [-0.25, -0.2) is 4.68 Å². The molecular weight excluding hydrogens is 222 g/mol. The molecule has 1 aromatic heterocycles. The molecule has 0 saturated heterocycles. The Morgan fingerprint density at radius 1 is 1.17 bits per heavy atom. The van der Waals surface area contributed by atoms with E-state index in [2.05, 4.69) is 50.1 Å². The molecule has 0 bridgehead atoms. The Bertz CT molecular complexity index is 530. The van der Waals surface area contributed by atoms with Crippen molar-refractivity contribution in [3.63, 3.8) is 0 Å². The lowest BCUT2D eigenvalue weighted by molar-refractivity contribution is 0.590. The van der Waals surface area contributed by atoms with Crippen LogP contribution in [0.1, 0.15) is 37.6 Å². The van der Waals surface area contributed by atoms with Crippen LogP contribution in [0, 0.1) is 6.92 Å². The van der Waals surface area contributed by atoms with Crippen LogP contribution in [-0.4, -0.2) is 9.78 Å². The van der Waals surface area contributed by atoms with Crippen molar-refractivity contribution in [3.05, 3.63) is 47.3 Å². The number of aromatic nitrogens is 2. The molecule has 0 radical (unpaired) electrons. The molecule has 3 nitrogen and oxygen atoms in total. The Morgan fingerprint density at radius 3 is 2.22 bits per heavy atom. The Balaban J connectivity index is 2.34. The summed E-state index contributed by atoms with van der Waals surface area (Å²) in [6.45, 7) is 9.17. The van der Waals surface area contributed by atoms with Crippen LogP contribution in [-0.2, 0) is 12.0 Å². The van der Waals surface area contributed by atoms with Crippen molar-refractivity contribution in [2.45, 2.75) is 39.7 Å². The Hall–Kier alpha value is -1.61. The number of benzene rings is 1. The minimum absolute atomic E-state index is 0.182. The van der Waals surface area contributed by atoms with Crippen molar-refractivity contribution >= 4 is 0 Å². The molecule has 96 valence electrons. The summed E-state index contributed by atoms with van der Waals surface area (Å²) in [5.74, 6) is 0. The summed E-state index contributed by atoms with van der Waals surface area (Å²) >= 11 is 0. The van der Waals surface area contributed by atoms with E-state index in [-0.39, 0.29) is 5.41 Å². The van der Waals surface area contributed by atoms with Gasteiger partial charge < -0.3 is 5.73 Å². The zero-order valence-corrected chi connectivity index (χ0v) is 11.6. The van der Waals surface area contributed by atoms with Gasteiger partial charge in [-0.2, -0.15) is 5.10 Å². The molecule has 0 aliphatic rings. The zero-order valence-electron chi connectivity index (χ0n) is 11.6. The predicted octanol–water partition coefficient (Wildman–Crippen LogP) is 2.94. The van der Waals surface area contributed by atoms with Gasteiger partial charge in [-0.15, -0.1) is 0 Å². The van der Waals surface area contributed by atoms with Gasteiger partial charge in [0.2, 0.25) is 0 Å². The van der Waals surface area contributed by atoms with Crippen molar-refractivity contribution in [1.29, 1.82) is 0 Å². The topological polar surface area (TPSA) is 43.8 Å². The van der Waals surface area contributed by atoms with E-state index in [1.54, 1.807) is 0 Å². The molecule has 2 N–H and O–H groups in total. The molecule has 0 atom stereocenters. The minimum atomic E-state index is 0.182. The molecule has 3 heteroatoms. The van der Waals surface area contributed by atoms with Gasteiger partial charge in [0.15, 0.2) is 0 Å². The highest BCUT2D eigenvalue weighted by Crippen LogP contribution is 2.23. The maximum atomic E-state index is 5.67. The summed E-state index contributed by atoms with van der Waals surface area (Å²) in [5.41, 5.74) is 10.3. The van der Waals surface area contributed by atoms with Gasteiger partial charge in [0.1, 0.15) is 0 Å². The van der Waals surface area contributed by atoms with Crippen LogP contribution in [0.15, 0.2) is 30.5 Å². The van der Waals surface area contributed by atoms with Crippen molar-refractivity contribution in [3.8, 4) is 5.69 Å². The van der Waals surface area contributed by atoms with Crippen LogP contribution in [0.4, 0.5) is 0 Å². The molecule has 0 aliphatic carbocycles. The van der Waals surface area contributed by atoms with Gasteiger partial charge in [0, 0.05) is 18.3 Å². The van der Waals surface area contributed by atoms with Crippen molar-refractivity contribution in [2.75, 3.05) is 0 Å². The summed E-state index contributed by atoms with van der Waals surface area (Å²) in [5, 5.41) is 4.48. The van der Waals surface area contributed by atoms with Crippen LogP contribution in [0.3, 0.4) is 0 Å². The Kier molecular flexibility index (Phi) is 3.26. The van der Waals surface area contributed by atoms with Crippen molar-refractivity contribution in [1.82, 2.24) is 9.78 Å². The van der Waals surface area contributed by atoms with Gasteiger partial charge in [-0.05, 0) is 30.0 Å². The molecule has 0 fully saturated rings. The SMILES string of the molecule is Cc1nn(-c2ccc(C(C)(C)C)cc2)cc1CN. The van der Waals surface area contributed by atoms with Crippen molar-refractivity contribution < 1.29 is 0 Å². The third kappa shape index (κ3) is 2.46. The zero-order chi connectivity index (χ0) is 13.3. The van der Waals surface area contributed by atoms with E-state index in [0.29, 0.717) is 6.54 Å². The second-order valence-electron chi connectivity index (χ2n) is 5.69. The maximum absolute atomic E-state index is 5.67. The Morgan fingerprint density at radius 2 is 1.78 bits per heavy atom. The average Bonchev–Trinajstić information content (AvgIpc) is 2.69. The summed E-state index contributed by atoms with van der Waals surface area (Å²) in [7, 11) is 0. The fraction of sp³-hybridized carbons (Fsp3) is 0.400. The predicted molar refractivity (Wildman–Crippen MR) is 74.9 cm³/mol. The maximum Gasteiger partial charge on any atom is 0.0645 e. The fourth-order valence-electron chi connectivity index (χ4n) is 1.94. The Labute approximate surface area is 109 Å². The third-order valence-electron chi connectivity index (χ3n) is 3.22. The van der Waals surface area contributed by atoms with E-state index in [1.807, 2.05) is 17.8 Å². The molecule has 2 aromatic rings. The number of nitrogens with zero attached hydrogens (tertiary/aromatic N) is 2. The number of nitrogens with two attached hydrogens (primary N) is 1. The van der Waals surface area contributed by atoms with Gasteiger partial charge in [0.05, 0.1) is 11.4 Å². The summed E-state index contributed by atoms with van der Waals surface area (Å²) < 4.78 is 1.89. The minimum Gasteiger partial charge on any atom is -0.326 e. The van der Waals surface area contributed by atoms with Crippen molar-refractivity contribution in [2.24, 2.45) is 5.73 Å². The average molecular weight is 243 g/mol. The lowest BCUT2D eigenvalue weighted by Gasteiger charge is -2.19. The van der Waals surface area contributed by atoms with E-state index in [1.165, 1.54) is 5.56 Å². The van der Waals surface area contributed by atoms with Crippen LogP contribution in [0.25, 0.3) is 5.69 Å². The first kappa shape index (κ1) is 12.8. The highest BCUT2D eigenvalue weighted by Gasteiger charge is 2.13. The summed E-state index contributed by atoms with van der Waals surface area (Å²) in [6, 6.07) is 8.53. The monoisotopic (exact) mass is 243 g/mol. The molecule has 0 saturated carbocycles. The summed E-state index contributed by atoms with van der Waals surface area (Å²) in [4.78, 5) is 0. The molecule has 1 aromatic carbocycles. The van der Waals surface area contributed by atoms with Crippen LogP contribution >= 0.6 is 0 Å². The van der Waals surface area contributed by atoms with E-state index < -0.39 is 0 Å². The largest absolute Gasteiger partial charge is 0.326 e. The smallest absolute Gasteiger partial charge is 0.0645 e. The number of hydrogen-bond donors (Lipinski definition) is 1. The molecule has 1 heterocycles. The molecule has 18 heavy (non-hydrogen) atoms. The van der Waals surface area contributed by atoms with Gasteiger partial charge >= 0.3 is 0 Å².